The molecule has 24 heavy (non-hydrogen) atoms. The Morgan fingerprint density at radius 1 is 1.08 bits per heavy atom. The lowest BCUT2D eigenvalue weighted by Gasteiger charge is -2.27. The van der Waals surface area contributed by atoms with Crippen LogP contribution in [0.2, 0.25) is 0 Å². The highest BCUT2D eigenvalue weighted by atomic mass is 16.2. The van der Waals surface area contributed by atoms with E-state index in [2.05, 4.69) is 60.4 Å². The predicted molar refractivity (Wildman–Crippen MR) is 98.6 cm³/mol. The number of carbonyl (C=O) groups is 1. The van der Waals surface area contributed by atoms with Crippen molar-refractivity contribution in [2.75, 3.05) is 20.1 Å². The molecule has 0 bridgehead atoms. The second-order valence-electron chi connectivity index (χ2n) is 6.54. The van der Waals surface area contributed by atoms with Crippen molar-refractivity contribution in [1.82, 2.24) is 9.80 Å². The van der Waals surface area contributed by atoms with Gasteiger partial charge in [0, 0.05) is 13.6 Å². The summed E-state index contributed by atoms with van der Waals surface area (Å²) in [6.45, 7) is 4.80. The molecule has 0 aromatic heterocycles. The van der Waals surface area contributed by atoms with Gasteiger partial charge >= 0.3 is 0 Å². The molecule has 1 aliphatic heterocycles. The normalized spacial score (nSPS) is 17.8. The summed E-state index contributed by atoms with van der Waals surface area (Å²) >= 11 is 0. The van der Waals surface area contributed by atoms with Crippen molar-refractivity contribution in [3.05, 3.63) is 60.2 Å². The molecule has 1 aliphatic rings. The first kappa shape index (κ1) is 16.7. The maximum Gasteiger partial charge on any atom is 0.239 e. The molecule has 1 heterocycles. The van der Waals surface area contributed by atoms with Gasteiger partial charge in [-0.05, 0) is 42.6 Å². The fraction of sp³-hybridized carbons (Fsp3) is 0.381. The summed E-state index contributed by atoms with van der Waals surface area (Å²) in [6.07, 6.45) is 2.12. The van der Waals surface area contributed by atoms with Gasteiger partial charge in [-0.1, -0.05) is 61.5 Å². The third-order valence-electron chi connectivity index (χ3n) is 4.91. The van der Waals surface area contributed by atoms with Gasteiger partial charge < -0.3 is 4.90 Å². The van der Waals surface area contributed by atoms with Crippen LogP contribution in [0.3, 0.4) is 0 Å². The number of benzene rings is 2. The molecule has 0 saturated carbocycles. The molecular formula is C21H26N2O. The summed E-state index contributed by atoms with van der Waals surface area (Å²) in [5.74, 6) is 0.251. The standard InChI is InChI=1S/C21H26N2O/c1-3-23-15-7-10-20(23)21(24)22(2)16-17-11-13-19(14-12-17)18-8-5-4-6-9-18/h4-6,8-9,11-14,20H,3,7,10,15-16H2,1-2H3/t20-/m0/s1. The maximum absolute atomic E-state index is 12.7. The molecule has 1 atom stereocenters. The summed E-state index contributed by atoms with van der Waals surface area (Å²) in [7, 11) is 1.92. The SMILES string of the molecule is CCN1CCC[C@H]1C(=O)N(C)Cc1ccc(-c2ccccc2)cc1. The minimum Gasteiger partial charge on any atom is -0.340 e. The lowest BCUT2D eigenvalue weighted by molar-refractivity contribution is -0.135. The molecule has 0 aliphatic carbocycles. The Morgan fingerprint density at radius 3 is 2.42 bits per heavy atom. The topological polar surface area (TPSA) is 23.6 Å². The van der Waals surface area contributed by atoms with Crippen molar-refractivity contribution in [2.24, 2.45) is 0 Å². The number of nitrogens with zero attached hydrogens (tertiary/aromatic N) is 2. The number of carbonyl (C=O) groups excluding carboxylic acids is 1. The Balaban J connectivity index is 1.64. The number of likely N-dealkylation sites (tertiary alicyclic amines) is 1. The van der Waals surface area contributed by atoms with Gasteiger partial charge in [0.25, 0.3) is 0 Å². The van der Waals surface area contributed by atoms with Gasteiger partial charge in [-0.3, -0.25) is 9.69 Å². The summed E-state index contributed by atoms with van der Waals surface area (Å²) < 4.78 is 0. The number of hydrogen-bond acceptors (Lipinski definition) is 2. The van der Waals surface area contributed by atoms with Crippen LogP contribution in [0.4, 0.5) is 0 Å². The van der Waals surface area contributed by atoms with Gasteiger partial charge in [-0.2, -0.15) is 0 Å². The molecule has 0 unspecified atom stereocenters. The number of rotatable bonds is 5. The van der Waals surface area contributed by atoms with Crippen molar-refractivity contribution in [1.29, 1.82) is 0 Å². The number of amides is 1. The quantitative estimate of drug-likeness (QED) is 0.836. The van der Waals surface area contributed by atoms with Gasteiger partial charge in [0.2, 0.25) is 5.91 Å². The highest BCUT2D eigenvalue weighted by Gasteiger charge is 2.31. The summed E-state index contributed by atoms with van der Waals surface area (Å²) in [5, 5.41) is 0. The Kier molecular flexibility index (Phi) is 5.31. The molecule has 2 aromatic carbocycles. The van der Waals surface area contributed by atoms with E-state index in [9.17, 15) is 4.79 Å². The van der Waals surface area contributed by atoms with E-state index < -0.39 is 0 Å². The van der Waals surface area contributed by atoms with Crippen LogP contribution in [-0.4, -0.2) is 41.9 Å². The largest absolute Gasteiger partial charge is 0.340 e. The molecule has 0 spiro atoms. The minimum atomic E-state index is 0.0728. The first-order valence-electron chi connectivity index (χ1n) is 8.82. The fourth-order valence-corrected chi connectivity index (χ4v) is 3.52. The predicted octanol–water partition coefficient (Wildman–Crippen LogP) is 3.80. The molecular weight excluding hydrogens is 296 g/mol. The van der Waals surface area contributed by atoms with E-state index in [1.54, 1.807) is 0 Å². The smallest absolute Gasteiger partial charge is 0.239 e. The molecule has 2 aromatic rings. The fourth-order valence-electron chi connectivity index (χ4n) is 3.52. The van der Waals surface area contributed by atoms with E-state index in [4.69, 9.17) is 0 Å². The molecule has 3 nitrogen and oxygen atoms in total. The van der Waals surface area contributed by atoms with Crippen molar-refractivity contribution in [2.45, 2.75) is 32.4 Å². The molecule has 3 rings (SSSR count). The van der Waals surface area contributed by atoms with Crippen molar-refractivity contribution >= 4 is 5.91 Å². The van der Waals surface area contributed by atoms with Crippen LogP contribution in [0.15, 0.2) is 54.6 Å². The Morgan fingerprint density at radius 2 is 1.75 bits per heavy atom. The van der Waals surface area contributed by atoms with Crippen LogP contribution in [0.1, 0.15) is 25.3 Å². The average molecular weight is 322 g/mol. The lowest BCUT2D eigenvalue weighted by atomic mass is 10.0. The second-order valence-corrected chi connectivity index (χ2v) is 6.54. The second kappa shape index (κ2) is 7.63. The van der Waals surface area contributed by atoms with Crippen LogP contribution in [0, 0.1) is 0 Å². The Labute approximate surface area is 144 Å². The first-order valence-corrected chi connectivity index (χ1v) is 8.82. The highest BCUT2D eigenvalue weighted by Crippen LogP contribution is 2.21. The van der Waals surface area contributed by atoms with Crippen molar-refractivity contribution in [3.8, 4) is 11.1 Å². The molecule has 0 N–H and O–H groups in total. The summed E-state index contributed by atoms with van der Waals surface area (Å²) in [5.41, 5.74) is 3.60. The number of hydrogen-bond donors (Lipinski definition) is 0. The minimum absolute atomic E-state index is 0.0728. The zero-order valence-corrected chi connectivity index (χ0v) is 14.6. The van der Waals surface area contributed by atoms with E-state index in [-0.39, 0.29) is 11.9 Å². The molecule has 1 fully saturated rings. The van der Waals surface area contributed by atoms with Crippen molar-refractivity contribution in [3.63, 3.8) is 0 Å². The van der Waals surface area contributed by atoms with Gasteiger partial charge in [-0.25, -0.2) is 0 Å². The first-order chi connectivity index (χ1) is 11.7. The van der Waals surface area contributed by atoms with E-state index in [1.807, 2.05) is 18.0 Å². The van der Waals surface area contributed by atoms with Crippen LogP contribution in [-0.2, 0) is 11.3 Å². The van der Waals surface area contributed by atoms with Gasteiger partial charge in [0.05, 0.1) is 6.04 Å². The average Bonchev–Trinajstić information content (AvgIpc) is 3.11. The molecule has 3 heteroatoms. The van der Waals surface area contributed by atoms with Crippen LogP contribution >= 0.6 is 0 Å². The molecule has 0 radical (unpaired) electrons. The highest BCUT2D eigenvalue weighted by molar-refractivity contribution is 5.82. The summed E-state index contributed by atoms with van der Waals surface area (Å²) in [6, 6.07) is 19.0. The third-order valence-corrected chi connectivity index (χ3v) is 4.91. The molecule has 1 amide bonds. The Bertz CT molecular complexity index is 666. The van der Waals surface area contributed by atoms with Crippen LogP contribution < -0.4 is 0 Å². The van der Waals surface area contributed by atoms with Crippen molar-refractivity contribution < 1.29 is 4.79 Å². The monoisotopic (exact) mass is 322 g/mol. The molecule has 1 saturated heterocycles. The summed E-state index contributed by atoms with van der Waals surface area (Å²) in [4.78, 5) is 16.9. The zero-order chi connectivity index (χ0) is 16.9. The van der Waals surface area contributed by atoms with Gasteiger partial charge in [-0.15, -0.1) is 0 Å². The van der Waals surface area contributed by atoms with Gasteiger partial charge in [0.15, 0.2) is 0 Å². The van der Waals surface area contributed by atoms with Crippen LogP contribution in [0.25, 0.3) is 11.1 Å². The van der Waals surface area contributed by atoms with E-state index in [0.29, 0.717) is 6.54 Å². The zero-order valence-electron chi connectivity index (χ0n) is 14.6. The Hall–Kier alpha value is -2.13. The van der Waals surface area contributed by atoms with Crippen LogP contribution in [0.5, 0.6) is 0 Å². The third kappa shape index (κ3) is 3.68. The number of likely N-dealkylation sites (N-methyl/N-ethyl adjacent to an activating group) is 2. The molecule has 126 valence electrons. The maximum atomic E-state index is 12.7. The van der Waals surface area contributed by atoms with Gasteiger partial charge in [0.1, 0.15) is 0 Å². The van der Waals surface area contributed by atoms with E-state index in [0.717, 1.165) is 25.9 Å². The lowest BCUT2D eigenvalue weighted by Crippen LogP contribution is -2.43. The van der Waals surface area contributed by atoms with E-state index in [1.165, 1.54) is 16.7 Å². The van der Waals surface area contributed by atoms with E-state index >= 15 is 0 Å².